The van der Waals surface area contributed by atoms with Crippen molar-refractivity contribution in [1.82, 2.24) is 10.8 Å². The van der Waals surface area contributed by atoms with Crippen molar-refractivity contribution in [2.45, 2.75) is 43.8 Å². The quantitative estimate of drug-likeness (QED) is 0.303. The van der Waals surface area contributed by atoms with E-state index in [2.05, 4.69) is 16.7 Å². The van der Waals surface area contributed by atoms with Crippen LogP contribution in [0.4, 0.5) is 10.5 Å². The molecule has 8 nitrogen and oxygen atoms in total. The number of hydroxylamine groups is 1. The van der Waals surface area contributed by atoms with Crippen LogP contribution in [0.15, 0.2) is 36.4 Å². The average molecular weight is 492 g/mol. The van der Waals surface area contributed by atoms with Crippen LogP contribution >= 0.6 is 23.1 Å². The maximum Gasteiger partial charge on any atom is 0.407 e. The number of ether oxygens (including phenoxy) is 1. The lowest BCUT2D eigenvalue weighted by atomic mass is 9.94. The van der Waals surface area contributed by atoms with E-state index in [4.69, 9.17) is 9.94 Å². The normalized spacial score (nSPS) is 17.8. The lowest BCUT2D eigenvalue weighted by molar-refractivity contribution is -0.129. The van der Waals surface area contributed by atoms with Crippen molar-refractivity contribution in [3.05, 3.63) is 41.3 Å². The Morgan fingerprint density at radius 1 is 1.15 bits per heavy atom. The Balaban J connectivity index is 1.68. The van der Waals surface area contributed by atoms with Crippen molar-refractivity contribution in [2.75, 3.05) is 24.2 Å². The van der Waals surface area contributed by atoms with Crippen molar-refractivity contribution < 1.29 is 24.3 Å². The standard InChI is InChI=1S/C23H29N3O5S2/c1-2-11-31-22(29)24-15-21(28)25-17-7-5-6-16(13-17)18-8-9-19(33-18)23(14-20(27)26-30)10-3-4-12-32-23/h5-9,13,30H,2-4,10-12,14-15H2,1H3,(H,24,29)(H,25,28)(H,26,27)/t23-/m0/s1. The molecule has 33 heavy (non-hydrogen) atoms. The van der Waals surface area contributed by atoms with Crippen molar-refractivity contribution in [2.24, 2.45) is 0 Å². The molecule has 10 heteroatoms. The Bertz CT molecular complexity index is 973. The number of hydrogen-bond acceptors (Lipinski definition) is 7. The third kappa shape index (κ3) is 6.96. The number of anilines is 1. The molecule has 0 spiro atoms. The highest BCUT2D eigenvalue weighted by atomic mass is 32.2. The molecule has 1 fully saturated rings. The Hall–Kier alpha value is -2.56. The predicted molar refractivity (Wildman–Crippen MR) is 131 cm³/mol. The van der Waals surface area contributed by atoms with Crippen LogP contribution in [0, 0.1) is 0 Å². The van der Waals surface area contributed by atoms with Gasteiger partial charge in [-0.2, -0.15) is 0 Å². The van der Waals surface area contributed by atoms with Crippen LogP contribution < -0.4 is 16.1 Å². The maximum atomic E-state index is 12.2. The van der Waals surface area contributed by atoms with Gasteiger partial charge in [0, 0.05) is 21.9 Å². The molecule has 1 aromatic heterocycles. The molecule has 1 aliphatic rings. The van der Waals surface area contributed by atoms with Gasteiger partial charge < -0.3 is 15.4 Å². The van der Waals surface area contributed by atoms with E-state index >= 15 is 0 Å². The number of hydrogen-bond donors (Lipinski definition) is 4. The molecule has 1 aliphatic heterocycles. The number of nitrogens with one attached hydrogen (secondary N) is 3. The first kappa shape index (κ1) is 25.1. The summed E-state index contributed by atoms with van der Waals surface area (Å²) in [5.41, 5.74) is 3.35. The Morgan fingerprint density at radius 3 is 2.73 bits per heavy atom. The highest BCUT2D eigenvalue weighted by Gasteiger charge is 2.38. The van der Waals surface area contributed by atoms with Gasteiger partial charge >= 0.3 is 6.09 Å². The van der Waals surface area contributed by atoms with E-state index in [0.29, 0.717) is 18.7 Å². The molecular formula is C23H29N3O5S2. The Morgan fingerprint density at radius 2 is 2.00 bits per heavy atom. The minimum absolute atomic E-state index is 0.178. The van der Waals surface area contributed by atoms with Crippen molar-refractivity contribution in [1.29, 1.82) is 0 Å². The molecule has 178 valence electrons. The monoisotopic (exact) mass is 491 g/mol. The zero-order chi connectivity index (χ0) is 23.7. The van der Waals surface area contributed by atoms with Crippen LogP contribution in [-0.2, 0) is 19.1 Å². The number of thiophene rings is 1. The number of amides is 3. The van der Waals surface area contributed by atoms with Gasteiger partial charge in [0.25, 0.3) is 0 Å². The molecule has 0 saturated carbocycles. The predicted octanol–water partition coefficient (Wildman–Crippen LogP) is 4.50. The first-order chi connectivity index (χ1) is 16.0. The summed E-state index contributed by atoms with van der Waals surface area (Å²) >= 11 is 3.40. The minimum Gasteiger partial charge on any atom is -0.450 e. The molecule has 3 amide bonds. The van der Waals surface area contributed by atoms with Crippen molar-refractivity contribution in [3.8, 4) is 10.4 Å². The van der Waals surface area contributed by atoms with E-state index in [1.54, 1.807) is 34.6 Å². The number of thioether (sulfide) groups is 1. The van der Waals surface area contributed by atoms with Crippen LogP contribution in [0.1, 0.15) is 43.9 Å². The van der Waals surface area contributed by atoms with E-state index in [1.807, 2.05) is 31.2 Å². The molecule has 2 aromatic rings. The molecule has 3 rings (SSSR count). The van der Waals surface area contributed by atoms with E-state index in [0.717, 1.165) is 40.3 Å². The van der Waals surface area contributed by atoms with Gasteiger partial charge in [0.2, 0.25) is 11.8 Å². The highest BCUT2D eigenvalue weighted by Crippen LogP contribution is 2.50. The van der Waals surface area contributed by atoms with Gasteiger partial charge in [0.1, 0.15) is 6.54 Å². The number of alkyl carbamates (subject to hydrolysis) is 1. The summed E-state index contributed by atoms with van der Waals surface area (Å²) in [5, 5.41) is 14.3. The first-order valence-corrected chi connectivity index (χ1v) is 12.7. The minimum atomic E-state index is -0.615. The largest absolute Gasteiger partial charge is 0.450 e. The topological polar surface area (TPSA) is 117 Å². The fraction of sp³-hybridized carbons (Fsp3) is 0.435. The second-order valence-electron chi connectivity index (χ2n) is 7.79. The molecule has 1 saturated heterocycles. The number of carbonyl (C=O) groups excluding carboxylic acids is 3. The molecule has 0 unspecified atom stereocenters. The smallest absolute Gasteiger partial charge is 0.407 e. The Kier molecular flexibility index (Phi) is 9.16. The maximum absolute atomic E-state index is 12.2. The lowest BCUT2D eigenvalue weighted by Gasteiger charge is -2.35. The zero-order valence-electron chi connectivity index (χ0n) is 18.5. The molecule has 0 bridgehead atoms. The molecular weight excluding hydrogens is 462 g/mol. The second kappa shape index (κ2) is 12.1. The van der Waals surface area contributed by atoms with E-state index in [1.165, 1.54) is 0 Å². The second-order valence-corrected chi connectivity index (χ2v) is 10.4. The SMILES string of the molecule is CCCOC(=O)NCC(=O)Nc1cccc(-c2ccc([C@@]3(CC(=O)NO)CCCCS3)s2)c1. The van der Waals surface area contributed by atoms with Crippen LogP contribution in [-0.4, -0.2) is 42.0 Å². The molecule has 0 radical (unpaired) electrons. The van der Waals surface area contributed by atoms with Gasteiger partial charge in [0.05, 0.1) is 11.4 Å². The molecule has 1 aromatic carbocycles. The summed E-state index contributed by atoms with van der Waals surface area (Å²) in [5.74, 6) is 0.254. The molecule has 1 atom stereocenters. The molecule has 2 heterocycles. The summed E-state index contributed by atoms with van der Waals surface area (Å²) in [4.78, 5) is 37.8. The third-order valence-electron chi connectivity index (χ3n) is 5.24. The fourth-order valence-electron chi connectivity index (χ4n) is 3.66. The van der Waals surface area contributed by atoms with Gasteiger partial charge in [0.15, 0.2) is 0 Å². The van der Waals surface area contributed by atoms with Gasteiger partial charge in [-0.25, -0.2) is 10.3 Å². The van der Waals surface area contributed by atoms with Gasteiger partial charge in [-0.1, -0.05) is 25.5 Å². The molecule has 0 aliphatic carbocycles. The van der Waals surface area contributed by atoms with Crippen molar-refractivity contribution in [3.63, 3.8) is 0 Å². The van der Waals surface area contributed by atoms with E-state index < -0.39 is 6.09 Å². The van der Waals surface area contributed by atoms with Crippen LogP contribution in [0.2, 0.25) is 0 Å². The Labute approximate surface area is 201 Å². The third-order valence-corrected chi connectivity index (χ3v) is 8.32. The summed E-state index contributed by atoms with van der Waals surface area (Å²) < 4.78 is 4.56. The van der Waals surface area contributed by atoms with Gasteiger partial charge in [-0.15, -0.1) is 23.1 Å². The van der Waals surface area contributed by atoms with Crippen LogP contribution in [0.25, 0.3) is 10.4 Å². The van der Waals surface area contributed by atoms with Crippen LogP contribution in [0.3, 0.4) is 0 Å². The average Bonchev–Trinajstić information content (AvgIpc) is 3.33. The fourth-order valence-corrected chi connectivity index (χ4v) is 6.55. The summed E-state index contributed by atoms with van der Waals surface area (Å²) in [6.07, 6.45) is 3.38. The van der Waals surface area contributed by atoms with Gasteiger partial charge in [-0.05, 0) is 54.8 Å². The summed E-state index contributed by atoms with van der Waals surface area (Å²) in [7, 11) is 0. The zero-order valence-corrected chi connectivity index (χ0v) is 20.2. The lowest BCUT2D eigenvalue weighted by Crippen LogP contribution is -2.33. The van der Waals surface area contributed by atoms with Gasteiger partial charge in [-0.3, -0.25) is 14.8 Å². The number of benzene rings is 1. The molecule has 4 N–H and O–H groups in total. The van der Waals surface area contributed by atoms with Crippen LogP contribution in [0.5, 0.6) is 0 Å². The van der Waals surface area contributed by atoms with Crippen molar-refractivity contribution >= 4 is 46.7 Å². The summed E-state index contributed by atoms with van der Waals surface area (Å²) in [6.45, 7) is 2.02. The van der Waals surface area contributed by atoms with E-state index in [-0.39, 0.29) is 29.5 Å². The number of rotatable bonds is 9. The van der Waals surface area contributed by atoms with E-state index in [9.17, 15) is 14.4 Å². The summed E-state index contributed by atoms with van der Waals surface area (Å²) in [6, 6.07) is 11.6. The highest BCUT2D eigenvalue weighted by molar-refractivity contribution is 8.00. The number of carbonyl (C=O) groups is 3. The first-order valence-electron chi connectivity index (χ1n) is 10.9.